The number of aromatic amines is 1. The monoisotopic (exact) mass is 484 g/mol. The third-order valence-corrected chi connectivity index (χ3v) is 7.29. The molecule has 2 aliphatic rings. The van der Waals surface area contributed by atoms with Crippen molar-refractivity contribution in [2.24, 2.45) is 0 Å². The fourth-order valence-corrected chi connectivity index (χ4v) is 5.33. The largest absolute Gasteiger partial charge is 0.484 e. The van der Waals surface area contributed by atoms with Gasteiger partial charge in [-0.1, -0.05) is 48.5 Å². The molecule has 184 valence electrons. The van der Waals surface area contributed by atoms with Gasteiger partial charge in [-0.2, -0.15) is 0 Å². The molecule has 7 heteroatoms. The van der Waals surface area contributed by atoms with Crippen molar-refractivity contribution in [2.45, 2.75) is 31.4 Å². The zero-order valence-corrected chi connectivity index (χ0v) is 20.1. The number of nitrogens with one attached hydrogen (secondary N) is 1. The summed E-state index contributed by atoms with van der Waals surface area (Å²) in [4.78, 5) is 25.4. The lowest BCUT2D eigenvalue weighted by molar-refractivity contribution is -0.133. The smallest absolute Gasteiger partial charge is 0.236 e. The van der Waals surface area contributed by atoms with Crippen molar-refractivity contribution in [3.63, 3.8) is 0 Å². The lowest BCUT2D eigenvalue weighted by atomic mass is 9.96. The Kier molecular flexibility index (Phi) is 6.15. The number of para-hydroxylation sites is 1. The second-order valence-corrected chi connectivity index (χ2v) is 9.73. The molecule has 1 N–H and O–H groups in total. The number of halogens is 1. The number of hydrogen-bond donors (Lipinski definition) is 1. The first-order valence-corrected chi connectivity index (χ1v) is 12.6. The molecule has 1 unspecified atom stereocenters. The van der Waals surface area contributed by atoms with E-state index in [1.54, 1.807) is 6.07 Å². The normalized spacial score (nSPS) is 19.0. The molecule has 1 amide bonds. The number of fused-ring (bicyclic) bond motifs is 2. The minimum Gasteiger partial charge on any atom is -0.484 e. The standard InChI is InChI=1S/C29H29FN4O2/c30-23-10-11-24-25(16-23)32-29(31-24)21-12-14-34(15-13-21)28(35)19-33-17-22-8-4-5-9-26(22)36-27(18-33)20-6-2-1-3-7-20/h1-11,16,21,27H,12-15,17-19H2,(H,31,32). The zero-order valence-electron chi connectivity index (χ0n) is 20.1. The summed E-state index contributed by atoms with van der Waals surface area (Å²) in [6, 6.07) is 22.9. The number of likely N-dealkylation sites (tertiary alicyclic amines) is 1. The molecule has 0 bridgehead atoms. The quantitative estimate of drug-likeness (QED) is 0.441. The van der Waals surface area contributed by atoms with Crippen molar-refractivity contribution >= 4 is 16.9 Å². The van der Waals surface area contributed by atoms with Crippen LogP contribution in [0.1, 0.15) is 41.8 Å². The fourth-order valence-electron chi connectivity index (χ4n) is 5.33. The average molecular weight is 485 g/mol. The van der Waals surface area contributed by atoms with Gasteiger partial charge in [0.2, 0.25) is 5.91 Å². The number of piperidine rings is 1. The minimum atomic E-state index is -0.269. The SMILES string of the molecule is O=C(CN1Cc2ccccc2OC(c2ccccc2)C1)N1CCC(c2nc3ccc(F)cc3[nH]2)CC1. The molecule has 1 atom stereocenters. The number of benzene rings is 3. The minimum absolute atomic E-state index is 0.133. The molecule has 0 saturated carbocycles. The lowest BCUT2D eigenvalue weighted by Gasteiger charge is -2.33. The summed E-state index contributed by atoms with van der Waals surface area (Å²) in [7, 11) is 0. The van der Waals surface area contributed by atoms with Crippen LogP contribution in [0.4, 0.5) is 4.39 Å². The Labute approximate surface area is 209 Å². The van der Waals surface area contributed by atoms with Crippen LogP contribution in [0.25, 0.3) is 11.0 Å². The Morgan fingerprint density at radius 3 is 2.64 bits per heavy atom. The van der Waals surface area contributed by atoms with E-state index in [1.165, 1.54) is 12.1 Å². The summed E-state index contributed by atoms with van der Waals surface area (Å²) in [6.07, 6.45) is 1.55. The molecule has 6 nitrogen and oxygen atoms in total. The number of H-pyrrole nitrogens is 1. The number of ether oxygens (including phenoxy) is 1. The zero-order chi connectivity index (χ0) is 24.5. The maximum atomic E-state index is 13.5. The highest BCUT2D eigenvalue weighted by atomic mass is 19.1. The molecule has 36 heavy (non-hydrogen) atoms. The van der Waals surface area contributed by atoms with Crippen LogP contribution in [0.5, 0.6) is 5.75 Å². The number of carbonyl (C=O) groups excluding carboxylic acids is 1. The Morgan fingerprint density at radius 2 is 1.81 bits per heavy atom. The van der Waals surface area contributed by atoms with Gasteiger partial charge in [0, 0.05) is 37.7 Å². The maximum absolute atomic E-state index is 13.5. The van der Waals surface area contributed by atoms with Crippen molar-refractivity contribution in [3.8, 4) is 5.75 Å². The Hall–Kier alpha value is -3.71. The van der Waals surface area contributed by atoms with Gasteiger partial charge in [-0.3, -0.25) is 9.69 Å². The molecule has 1 fully saturated rings. The highest BCUT2D eigenvalue weighted by molar-refractivity contribution is 5.78. The molecule has 0 radical (unpaired) electrons. The number of carbonyl (C=O) groups is 1. The molecule has 3 heterocycles. The Balaban J connectivity index is 1.12. The molecular formula is C29H29FN4O2. The Bertz CT molecular complexity index is 1360. The first kappa shape index (κ1) is 22.7. The second kappa shape index (κ2) is 9.74. The van der Waals surface area contributed by atoms with Crippen LogP contribution in [-0.4, -0.2) is 51.9 Å². The molecule has 2 aliphatic heterocycles. The fraction of sp³-hybridized carbons (Fsp3) is 0.310. The predicted molar refractivity (Wildman–Crippen MR) is 136 cm³/mol. The van der Waals surface area contributed by atoms with E-state index >= 15 is 0 Å². The van der Waals surface area contributed by atoms with Crippen molar-refractivity contribution in [1.29, 1.82) is 0 Å². The van der Waals surface area contributed by atoms with Gasteiger partial charge in [-0.05, 0) is 42.7 Å². The van der Waals surface area contributed by atoms with Crippen LogP contribution in [-0.2, 0) is 11.3 Å². The van der Waals surface area contributed by atoms with Crippen LogP contribution in [0, 0.1) is 5.82 Å². The first-order chi connectivity index (χ1) is 17.6. The van der Waals surface area contributed by atoms with Gasteiger partial charge in [-0.25, -0.2) is 9.37 Å². The predicted octanol–water partition coefficient (Wildman–Crippen LogP) is 5.04. The number of nitrogens with zero attached hydrogens (tertiary/aromatic N) is 3. The van der Waals surface area contributed by atoms with Crippen molar-refractivity contribution in [2.75, 3.05) is 26.2 Å². The van der Waals surface area contributed by atoms with Gasteiger partial charge < -0.3 is 14.6 Å². The third kappa shape index (κ3) is 4.71. The summed E-state index contributed by atoms with van der Waals surface area (Å²) in [5.41, 5.74) is 3.71. The van der Waals surface area contributed by atoms with E-state index < -0.39 is 0 Å². The van der Waals surface area contributed by atoms with E-state index in [4.69, 9.17) is 4.74 Å². The average Bonchev–Trinajstić information content (AvgIpc) is 3.23. The van der Waals surface area contributed by atoms with Crippen LogP contribution in [0.2, 0.25) is 0 Å². The number of amides is 1. The van der Waals surface area contributed by atoms with Crippen LogP contribution in [0.3, 0.4) is 0 Å². The van der Waals surface area contributed by atoms with Gasteiger partial charge in [0.25, 0.3) is 0 Å². The molecule has 4 aromatic rings. The number of aromatic nitrogens is 2. The molecular weight excluding hydrogens is 455 g/mol. The van der Waals surface area contributed by atoms with Crippen LogP contribution < -0.4 is 4.74 Å². The highest BCUT2D eigenvalue weighted by Crippen LogP contribution is 2.32. The number of hydrogen-bond acceptors (Lipinski definition) is 4. The highest BCUT2D eigenvalue weighted by Gasteiger charge is 2.29. The summed E-state index contributed by atoms with van der Waals surface area (Å²) in [5, 5.41) is 0. The van der Waals surface area contributed by atoms with E-state index in [1.807, 2.05) is 41.3 Å². The lowest BCUT2D eigenvalue weighted by Crippen LogP contribution is -2.44. The van der Waals surface area contributed by atoms with Gasteiger partial charge in [0.15, 0.2) is 0 Å². The molecule has 1 aromatic heterocycles. The molecule has 0 aliphatic carbocycles. The van der Waals surface area contributed by atoms with E-state index in [0.717, 1.165) is 46.6 Å². The Morgan fingerprint density at radius 1 is 1.03 bits per heavy atom. The van der Waals surface area contributed by atoms with Crippen LogP contribution >= 0.6 is 0 Å². The third-order valence-electron chi connectivity index (χ3n) is 7.29. The van der Waals surface area contributed by atoms with Gasteiger partial charge in [0.05, 0.1) is 17.6 Å². The molecule has 1 saturated heterocycles. The van der Waals surface area contributed by atoms with E-state index in [-0.39, 0.29) is 23.7 Å². The summed E-state index contributed by atoms with van der Waals surface area (Å²) < 4.78 is 19.9. The molecule has 0 spiro atoms. The van der Waals surface area contributed by atoms with E-state index in [0.29, 0.717) is 32.7 Å². The van der Waals surface area contributed by atoms with E-state index in [9.17, 15) is 9.18 Å². The number of rotatable bonds is 4. The summed E-state index contributed by atoms with van der Waals surface area (Å²) in [6.45, 7) is 3.07. The van der Waals surface area contributed by atoms with Crippen molar-refractivity contribution < 1.29 is 13.9 Å². The topological polar surface area (TPSA) is 61.5 Å². The van der Waals surface area contributed by atoms with Crippen molar-refractivity contribution in [3.05, 3.63) is 95.6 Å². The summed E-state index contributed by atoms with van der Waals surface area (Å²) in [5.74, 6) is 1.88. The second-order valence-electron chi connectivity index (χ2n) is 9.73. The van der Waals surface area contributed by atoms with Crippen LogP contribution in [0.15, 0.2) is 72.8 Å². The molecule has 6 rings (SSSR count). The number of imidazole rings is 1. The van der Waals surface area contributed by atoms with Gasteiger partial charge in [-0.15, -0.1) is 0 Å². The molecule has 3 aromatic carbocycles. The van der Waals surface area contributed by atoms with E-state index in [2.05, 4.69) is 33.1 Å². The summed E-state index contributed by atoms with van der Waals surface area (Å²) >= 11 is 0. The van der Waals surface area contributed by atoms with Gasteiger partial charge in [0.1, 0.15) is 23.5 Å². The maximum Gasteiger partial charge on any atom is 0.236 e. The van der Waals surface area contributed by atoms with Crippen molar-refractivity contribution in [1.82, 2.24) is 19.8 Å². The van der Waals surface area contributed by atoms with Gasteiger partial charge >= 0.3 is 0 Å². The first-order valence-electron chi connectivity index (χ1n) is 12.6.